The Bertz CT molecular complexity index is 1670. The Morgan fingerprint density at radius 3 is 2.52 bits per heavy atom. The van der Waals surface area contributed by atoms with Crippen LogP contribution < -0.4 is 31.3 Å². The molecule has 234 valence electrons. The Morgan fingerprint density at radius 2 is 1.80 bits per heavy atom. The summed E-state index contributed by atoms with van der Waals surface area (Å²) in [6.07, 6.45) is -5.76. The van der Waals surface area contributed by atoms with Crippen LogP contribution in [0.4, 0.5) is 24.7 Å². The number of aromatic nitrogens is 2. The summed E-state index contributed by atoms with van der Waals surface area (Å²) in [5, 5.41) is 4.44. The van der Waals surface area contributed by atoms with E-state index in [1.165, 1.54) is 7.05 Å². The number of anilines is 2. The van der Waals surface area contributed by atoms with Gasteiger partial charge in [0.1, 0.15) is 12.4 Å². The molecule has 0 spiro atoms. The lowest BCUT2D eigenvalue weighted by atomic mass is 10.1. The molecule has 15 heteroatoms. The summed E-state index contributed by atoms with van der Waals surface area (Å²) in [6.45, 7) is 1.55. The zero-order valence-corrected chi connectivity index (χ0v) is 24.4. The highest BCUT2D eigenvalue weighted by Gasteiger charge is 2.54. The van der Waals surface area contributed by atoms with Crippen molar-refractivity contribution in [3.05, 3.63) is 86.0 Å². The lowest BCUT2D eigenvalue weighted by molar-refractivity contribution is -0.203. The van der Waals surface area contributed by atoms with Gasteiger partial charge < -0.3 is 19.8 Å². The van der Waals surface area contributed by atoms with Gasteiger partial charge in [0.05, 0.1) is 6.54 Å². The van der Waals surface area contributed by atoms with E-state index in [2.05, 4.69) is 5.32 Å². The van der Waals surface area contributed by atoms with Crippen LogP contribution in [0.2, 0.25) is 5.02 Å². The zero-order chi connectivity index (χ0) is 31.2. The van der Waals surface area contributed by atoms with Crippen LogP contribution in [-0.4, -0.2) is 64.8 Å². The minimum absolute atomic E-state index is 0.0211. The van der Waals surface area contributed by atoms with E-state index in [0.717, 1.165) is 27.2 Å². The molecule has 2 aromatic carbocycles. The molecular formula is C29H30ClF3N6O5. The maximum atomic E-state index is 14.2. The van der Waals surface area contributed by atoms with Gasteiger partial charge in [0.25, 0.3) is 5.56 Å². The number of halogens is 4. The first-order valence-electron chi connectivity index (χ1n) is 14.1. The average Bonchev–Trinajstić information content (AvgIpc) is 3.69. The van der Waals surface area contributed by atoms with Gasteiger partial charge in [-0.1, -0.05) is 48.0 Å². The number of ether oxygens (including phenoxy) is 1. The second-order valence-corrected chi connectivity index (χ2v) is 11.3. The van der Waals surface area contributed by atoms with Crippen LogP contribution in [0.25, 0.3) is 0 Å². The maximum Gasteiger partial charge on any atom is 0.493 e. The van der Waals surface area contributed by atoms with Crippen LogP contribution in [0.3, 0.4) is 0 Å². The fourth-order valence-corrected chi connectivity index (χ4v) is 6.45. The predicted molar refractivity (Wildman–Crippen MR) is 155 cm³/mol. The summed E-state index contributed by atoms with van der Waals surface area (Å²) >= 11 is 6.51. The fourth-order valence-electron chi connectivity index (χ4n) is 6.25. The van der Waals surface area contributed by atoms with Crippen LogP contribution in [0, 0.1) is 5.92 Å². The van der Waals surface area contributed by atoms with Gasteiger partial charge in [-0.15, -0.1) is 5.06 Å². The van der Waals surface area contributed by atoms with Gasteiger partial charge in [-0.2, -0.15) is 13.2 Å². The third kappa shape index (κ3) is 5.41. The van der Waals surface area contributed by atoms with Crippen molar-refractivity contribution in [3.8, 4) is 5.75 Å². The maximum absolute atomic E-state index is 14.2. The average molecular weight is 635 g/mol. The lowest BCUT2D eigenvalue weighted by Crippen LogP contribution is -2.59. The number of benzene rings is 2. The molecule has 0 saturated carbocycles. The first kappa shape index (κ1) is 30.0. The van der Waals surface area contributed by atoms with Gasteiger partial charge >= 0.3 is 17.8 Å². The van der Waals surface area contributed by atoms with Crippen LogP contribution in [0.15, 0.2) is 64.2 Å². The third-order valence-corrected chi connectivity index (χ3v) is 8.67. The molecule has 4 heterocycles. The molecule has 6 rings (SSSR count). The molecule has 3 atom stereocenters. The summed E-state index contributed by atoms with van der Waals surface area (Å²) in [5.41, 5.74) is -1.08. The number of nitrogens with one attached hydrogen (secondary N) is 1. The van der Waals surface area contributed by atoms with Gasteiger partial charge in [0.15, 0.2) is 17.8 Å². The highest BCUT2D eigenvalue weighted by molar-refractivity contribution is 6.31. The molecule has 11 nitrogen and oxygen atoms in total. The molecule has 3 aromatic rings. The molecule has 0 amide bonds. The van der Waals surface area contributed by atoms with E-state index in [0.29, 0.717) is 29.4 Å². The summed E-state index contributed by atoms with van der Waals surface area (Å²) in [4.78, 5) is 48.6. The summed E-state index contributed by atoms with van der Waals surface area (Å²) < 4.78 is 48.5. The van der Waals surface area contributed by atoms with E-state index in [4.69, 9.17) is 21.2 Å². The Kier molecular flexibility index (Phi) is 8.07. The van der Waals surface area contributed by atoms with Crippen molar-refractivity contribution < 1.29 is 27.5 Å². The first-order chi connectivity index (χ1) is 21.1. The molecular weight excluding hydrogens is 605 g/mol. The van der Waals surface area contributed by atoms with E-state index in [9.17, 15) is 27.6 Å². The number of likely N-dealkylation sites (tertiary alicyclic amines) is 1. The predicted octanol–water partition coefficient (Wildman–Crippen LogP) is 2.70. The number of hydrogen-bond donors (Lipinski definition) is 1. The SMILES string of the molecule is Cn1c2c(c(=O)n(CCOc3ccccc3)c1=O)N(Cc1ccccc1Cl)C(N1CCC3CNCC31)N2OC(=O)C(F)(F)F. The highest BCUT2D eigenvalue weighted by atomic mass is 35.5. The van der Waals surface area contributed by atoms with Crippen molar-refractivity contribution in [1.82, 2.24) is 19.4 Å². The van der Waals surface area contributed by atoms with Crippen molar-refractivity contribution >= 4 is 29.1 Å². The Balaban J connectivity index is 1.48. The Morgan fingerprint density at radius 1 is 1.07 bits per heavy atom. The molecule has 44 heavy (non-hydrogen) atoms. The molecule has 0 bridgehead atoms. The third-order valence-electron chi connectivity index (χ3n) is 8.30. The van der Waals surface area contributed by atoms with Gasteiger partial charge in [-0.25, -0.2) is 9.59 Å². The second kappa shape index (κ2) is 11.8. The minimum Gasteiger partial charge on any atom is -0.492 e. The monoisotopic (exact) mass is 634 g/mol. The lowest BCUT2D eigenvalue weighted by Gasteiger charge is -2.39. The normalized spacial score (nSPS) is 21.4. The fraction of sp³-hybridized carbons (Fsp3) is 0.414. The van der Waals surface area contributed by atoms with E-state index in [1.807, 2.05) is 11.0 Å². The summed E-state index contributed by atoms with van der Waals surface area (Å²) in [7, 11) is 1.32. The van der Waals surface area contributed by atoms with Crippen molar-refractivity contribution in [3.63, 3.8) is 0 Å². The van der Waals surface area contributed by atoms with Crippen molar-refractivity contribution in [2.75, 3.05) is 36.2 Å². The number of hydroxylamine groups is 1. The van der Waals surface area contributed by atoms with Crippen molar-refractivity contribution in [1.29, 1.82) is 0 Å². The van der Waals surface area contributed by atoms with E-state index in [-0.39, 0.29) is 43.2 Å². The number of carbonyl (C=O) groups excluding carboxylic acids is 1. The largest absolute Gasteiger partial charge is 0.493 e. The van der Waals surface area contributed by atoms with Crippen molar-refractivity contribution in [2.45, 2.75) is 38.0 Å². The zero-order valence-electron chi connectivity index (χ0n) is 23.7. The highest BCUT2D eigenvalue weighted by Crippen LogP contribution is 2.43. The van der Waals surface area contributed by atoms with E-state index >= 15 is 0 Å². The molecule has 1 aromatic heterocycles. The molecule has 2 saturated heterocycles. The number of fused-ring (bicyclic) bond motifs is 2. The van der Waals surface area contributed by atoms with Crippen LogP contribution >= 0.6 is 11.6 Å². The van der Waals surface area contributed by atoms with Crippen LogP contribution in [-0.2, 0) is 29.8 Å². The summed E-state index contributed by atoms with van der Waals surface area (Å²) in [5.74, 6) is -1.99. The Labute approximate surface area is 254 Å². The van der Waals surface area contributed by atoms with Gasteiger partial charge in [0, 0.05) is 37.7 Å². The van der Waals surface area contributed by atoms with E-state index in [1.54, 1.807) is 53.4 Å². The number of para-hydroxylation sites is 1. The molecule has 0 radical (unpaired) electrons. The molecule has 3 unspecified atom stereocenters. The van der Waals surface area contributed by atoms with Crippen LogP contribution in [0.5, 0.6) is 5.75 Å². The topological polar surface area (TPSA) is 101 Å². The molecule has 3 aliphatic rings. The number of carbonyl (C=O) groups is 1. The molecule has 2 fully saturated rings. The van der Waals surface area contributed by atoms with E-state index < -0.39 is 29.7 Å². The van der Waals surface area contributed by atoms with Gasteiger partial charge in [-0.05, 0) is 42.6 Å². The number of alkyl halides is 3. The minimum atomic E-state index is -5.33. The van der Waals surface area contributed by atoms with Crippen molar-refractivity contribution in [2.24, 2.45) is 13.0 Å². The second-order valence-electron chi connectivity index (χ2n) is 10.9. The van der Waals surface area contributed by atoms with Gasteiger partial charge in [-0.3, -0.25) is 18.8 Å². The van der Waals surface area contributed by atoms with Crippen LogP contribution in [0.1, 0.15) is 12.0 Å². The first-order valence-corrected chi connectivity index (χ1v) is 14.5. The standard InChI is InChI=1S/C29H30ClF3N6O5/c1-35-24-23(25(40)37(28(35)42)13-14-43-20-8-3-2-4-9-20)38(17-19-7-5-6-10-21(19)30)27(39(24)44-26(41)29(31,32)33)36-12-11-18-15-34-16-22(18)36/h2-10,18,22,27,34H,11-17H2,1H3. The number of rotatable bonds is 8. The number of nitrogens with zero attached hydrogens (tertiary/aromatic N) is 5. The Hall–Kier alpha value is -4.01. The summed E-state index contributed by atoms with van der Waals surface area (Å²) in [6, 6.07) is 15.6. The molecule has 3 aliphatic heterocycles. The quantitative estimate of drug-likeness (QED) is 0.401. The smallest absolute Gasteiger partial charge is 0.492 e. The number of hydrogen-bond acceptors (Lipinski definition) is 9. The van der Waals surface area contributed by atoms with Gasteiger partial charge in [0.2, 0.25) is 0 Å². The molecule has 0 aliphatic carbocycles. The molecule has 1 N–H and O–H groups in total.